The first-order valence-corrected chi connectivity index (χ1v) is 4.09. The third kappa shape index (κ3) is 5.90. The molecule has 0 aliphatic heterocycles. The summed E-state index contributed by atoms with van der Waals surface area (Å²) in [6, 6.07) is 0. The minimum Gasteiger partial charge on any atom is -0.133 e. The Kier molecular flexibility index (Phi) is 4.87. The molecule has 54 valence electrons. The van der Waals surface area contributed by atoms with Crippen LogP contribution in [0.3, 0.4) is 0 Å². The predicted octanol–water partition coefficient (Wildman–Crippen LogP) is 1.70. The average molecular weight is 151 g/mol. The molecule has 0 aromatic rings. The first-order chi connectivity index (χ1) is 4.16. The Morgan fingerprint density at radius 1 is 1.78 bits per heavy atom. The van der Waals surface area contributed by atoms with E-state index in [-0.39, 0.29) is 0 Å². The Morgan fingerprint density at radius 2 is 2.33 bits per heavy atom. The van der Waals surface area contributed by atoms with Crippen LogP contribution in [0.4, 0.5) is 0 Å². The minimum absolute atomic E-state index is 0.371. The van der Waals surface area contributed by atoms with Gasteiger partial charge >= 0.3 is 8.25 Å². The maximum absolute atomic E-state index is 9.95. The van der Waals surface area contributed by atoms with Crippen LogP contribution < -0.4 is 0 Å². The highest BCUT2D eigenvalue weighted by molar-refractivity contribution is 7.32. The number of hydrogen-bond donors (Lipinski definition) is 1. The van der Waals surface area contributed by atoms with Gasteiger partial charge in [-0.15, -0.1) is 9.42 Å². The van der Waals surface area contributed by atoms with E-state index in [4.69, 9.17) is 4.89 Å². The van der Waals surface area contributed by atoms with Gasteiger partial charge in [-0.2, -0.15) is 0 Å². The second kappa shape index (κ2) is 4.86. The largest absolute Gasteiger partial charge is 0.694 e. The molecule has 9 heavy (non-hydrogen) atoms. The molecule has 0 fully saturated rings. The van der Waals surface area contributed by atoms with E-state index in [1.165, 1.54) is 0 Å². The lowest BCUT2D eigenvalue weighted by Gasteiger charge is -1.98. The molecule has 0 aromatic carbocycles. The van der Waals surface area contributed by atoms with E-state index in [1.54, 1.807) is 0 Å². The highest BCUT2D eigenvalue weighted by Gasteiger charge is 2.13. The normalized spacial score (nSPS) is 15.2. The summed E-state index contributed by atoms with van der Waals surface area (Å²) in [6.07, 6.45) is 0.975. The zero-order valence-electron chi connectivity index (χ0n) is 5.70. The van der Waals surface area contributed by atoms with Crippen molar-refractivity contribution >= 4 is 8.25 Å². The molecule has 0 aliphatic rings. The molecule has 0 rings (SSSR count). The molecule has 1 N–H and O–H groups in total. The molecule has 0 radical (unpaired) electrons. The van der Waals surface area contributed by atoms with Crippen molar-refractivity contribution in [2.45, 2.75) is 20.3 Å². The summed E-state index contributed by atoms with van der Waals surface area (Å²) in [5.74, 6) is 0.371. The maximum Gasteiger partial charge on any atom is 0.694 e. The van der Waals surface area contributed by atoms with Crippen LogP contribution in [-0.4, -0.2) is 11.5 Å². The van der Waals surface area contributed by atoms with Gasteiger partial charge in [-0.05, 0) is 5.92 Å². The Morgan fingerprint density at radius 3 is 2.67 bits per heavy atom. The summed E-state index contributed by atoms with van der Waals surface area (Å²) in [6.45, 7) is 4.36. The summed E-state index contributed by atoms with van der Waals surface area (Å²) in [5, 5.41) is 0. The van der Waals surface area contributed by atoms with E-state index in [2.05, 4.69) is 4.52 Å². The van der Waals surface area contributed by atoms with Gasteiger partial charge < -0.3 is 0 Å². The second-order valence-electron chi connectivity index (χ2n) is 2.05. The quantitative estimate of drug-likeness (QED) is 0.622. The van der Waals surface area contributed by atoms with E-state index in [0.29, 0.717) is 12.5 Å². The van der Waals surface area contributed by atoms with Gasteiger partial charge in [0.15, 0.2) is 0 Å². The van der Waals surface area contributed by atoms with Crippen LogP contribution in [0.25, 0.3) is 0 Å². The van der Waals surface area contributed by atoms with Crippen molar-refractivity contribution in [1.82, 2.24) is 0 Å². The molecule has 0 saturated carbocycles. The van der Waals surface area contributed by atoms with E-state index in [9.17, 15) is 4.57 Å². The third-order valence-electron chi connectivity index (χ3n) is 1.17. The lowest BCUT2D eigenvalue weighted by molar-refractivity contribution is 0.237. The van der Waals surface area contributed by atoms with Crippen molar-refractivity contribution in [3.8, 4) is 0 Å². The van der Waals surface area contributed by atoms with Crippen LogP contribution in [0, 0.1) is 5.92 Å². The van der Waals surface area contributed by atoms with Crippen LogP contribution in [0.5, 0.6) is 0 Å². The van der Waals surface area contributed by atoms with Crippen molar-refractivity contribution in [3.05, 3.63) is 0 Å². The average Bonchev–Trinajstić information content (AvgIpc) is 1.83. The molecule has 0 aliphatic carbocycles. The molecular formula is C5H12O3P+. The topological polar surface area (TPSA) is 46.5 Å². The van der Waals surface area contributed by atoms with Crippen molar-refractivity contribution in [1.29, 1.82) is 0 Å². The summed E-state index contributed by atoms with van der Waals surface area (Å²) in [7, 11) is -2.39. The zero-order valence-corrected chi connectivity index (χ0v) is 6.60. The molecule has 0 bridgehead atoms. The van der Waals surface area contributed by atoms with Crippen LogP contribution in [0.1, 0.15) is 20.3 Å². The van der Waals surface area contributed by atoms with E-state index in [0.717, 1.165) is 6.42 Å². The standard InChI is InChI=1S/C5H11O3P/c1-3-5(2)4-8-9(6)7/h5H,3-4H2,1-2H3/p+1. The van der Waals surface area contributed by atoms with Crippen molar-refractivity contribution in [3.63, 3.8) is 0 Å². The lowest BCUT2D eigenvalue weighted by Crippen LogP contribution is -1.99. The van der Waals surface area contributed by atoms with E-state index in [1.807, 2.05) is 13.8 Å². The lowest BCUT2D eigenvalue weighted by atomic mass is 10.1. The molecule has 3 nitrogen and oxygen atoms in total. The van der Waals surface area contributed by atoms with Crippen LogP contribution in [0.15, 0.2) is 0 Å². The van der Waals surface area contributed by atoms with Crippen molar-refractivity contribution in [2.24, 2.45) is 5.92 Å². The van der Waals surface area contributed by atoms with Crippen LogP contribution in [0.2, 0.25) is 0 Å². The van der Waals surface area contributed by atoms with E-state index >= 15 is 0 Å². The molecule has 0 heterocycles. The molecule has 0 aromatic heterocycles. The van der Waals surface area contributed by atoms with Gasteiger partial charge in [0, 0.05) is 4.57 Å². The monoisotopic (exact) mass is 151 g/mol. The summed E-state index contributed by atoms with van der Waals surface area (Å²) < 4.78 is 14.4. The first kappa shape index (κ1) is 9.02. The summed E-state index contributed by atoms with van der Waals surface area (Å²) in [4.78, 5) is 8.18. The number of rotatable bonds is 4. The van der Waals surface area contributed by atoms with Gasteiger partial charge in [0.05, 0.1) is 0 Å². The third-order valence-corrected chi connectivity index (χ3v) is 1.54. The Bertz CT molecular complexity index is 94.2. The highest BCUT2D eigenvalue weighted by atomic mass is 31.1. The minimum atomic E-state index is -2.39. The number of hydrogen-bond acceptors (Lipinski definition) is 2. The predicted molar refractivity (Wildman–Crippen MR) is 35.2 cm³/mol. The smallest absolute Gasteiger partial charge is 0.133 e. The summed E-state index contributed by atoms with van der Waals surface area (Å²) >= 11 is 0. The fourth-order valence-electron chi connectivity index (χ4n) is 0.309. The molecule has 4 heteroatoms. The molecule has 2 atom stereocenters. The summed E-state index contributed by atoms with van der Waals surface area (Å²) in [5.41, 5.74) is 0. The second-order valence-corrected chi connectivity index (χ2v) is 2.78. The van der Waals surface area contributed by atoms with Gasteiger partial charge in [0.1, 0.15) is 6.61 Å². The van der Waals surface area contributed by atoms with Crippen molar-refractivity contribution < 1.29 is 14.0 Å². The van der Waals surface area contributed by atoms with Gasteiger partial charge in [-0.3, -0.25) is 0 Å². The van der Waals surface area contributed by atoms with Crippen LogP contribution in [-0.2, 0) is 9.09 Å². The van der Waals surface area contributed by atoms with Gasteiger partial charge in [0.25, 0.3) is 0 Å². The Hall–Kier alpha value is 0.0200. The molecular weight excluding hydrogens is 139 g/mol. The first-order valence-electron chi connectivity index (χ1n) is 2.95. The van der Waals surface area contributed by atoms with Crippen LogP contribution >= 0.6 is 8.25 Å². The van der Waals surface area contributed by atoms with Gasteiger partial charge in [-0.1, -0.05) is 20.3 Å². The highest BCUT2D eigenvalue weighted by Crippen LogP contribution is 2.16. The fraction of sp³-hybridized carbons (Fsp3) is 1.00. The van der Waals surface area contributed by atoms with Gasteiger partial charge in [-0.25, -0.2) is 0 Å². The molecule has 0 saturated heterocycles. The maximum atomic E-state index is 9.95. The molecule has 0 spiro atoms. The SMILES string of the molecule is CCC(C)CO[P+](=O)O. The molecule has 0 amide bonds. The van der Waals surface area contributed by atoms with E-state index < -0.39 is 8.25 Å². The van der Waals surface area contributed by atoms with Crippen molar-refractivity contribution in [2.75, 3.05) is 6.61 Å². The Balaban J connectivity index is 3.16. The zero-order chi connectivity index (χ0) is 7.28. The Labute approximate surface area is 56.0 Å². The molecule has 2 unspecified atom stereocenters. The van der Waals surface area contributed by atoms with Gasteiger partial charge in [0.2, 0.25) is 0 Å². The fourth-order valence-corrected chi connectivity index (χ4v) is 0.691.